The third-order valence-corrected chi connectivity index (χ3v) is 1.53. The van der Waals surface area contributed by atoms with Crippen LogP contribution < -0.4 is 0 Å². The van der Waals surface area contributed by atoms with Gasteiger partial charge in [-0.15, -0.1) is 0 Å². The van der Waals surface area contributed by atoms with E-state index in [1.165, 1.54) is 32.6 Å². The smallest absolute Gasteiger partial charge is 0.278 e. The van der Waals surface area contributed by atoms with Gasteiger partial charge in [0.1, 0.15) is 5.75 Å². The van der Waals surface area contributed by atoms with Gasteiger partial charge < -0.3 is 5.11 Å². The predicted octanol–water partition coefficient (Wildman–Crippen LogP) is 0.421. The van der Waals surface area contributed by atoms with E-state index in [1.54, 1.807) is 0 Å². The zero-order chi connectivity index (χ0) is 9.84. The minimum atomic E-state index is -0.356. The van der Waals surface area contributed by atoms with E-state index in [0.717, 1.165) is 5.06 Å². The molecule has 70 valence electrons. The van der Waals surface area contributed by atoms with Gasteiger partial charge in [0.15, 0.2) is 0 Å². The minimum Gasteiger partial charge on any atom is -0.506 e. The molecule has 0 aliphatic rings. The lowest BCUT2D eigenvalue weighted by molar-refractivity contribution is -0.0757. The Labute approximate surface area is 75.5 Å². The molecule has 0 saturated carbocycles. The largest absolute Gasteiger partial charge is 0.506 e. The maximum Gasteiger partial charge on any atom is 0.278 e. The van der Waals surface area contributed by atoms with E-state index >= 15 is 0 Å². The molecule has 0 aliphatic heterocycles. The Morgan fingerprint density at radius 1 is 1.62 bits per heavy atom. The second kappa shape index (κ2) is 3.86. The van der Waals surface area contributed by atoms with Crippen LogP contribution in [0.1, 0.15) is 10.4 Å². The SMILES string of the molecule is CON(C)C(=O)c1cncc(O)c1. The Morgan fingerprint density at radius 2 is 2.31 bits per heavy atom. The van der Waals surface area contributed by atoms with Gasteiger partial charge in [-0.05, 0) is 6.07 Å². The first-order valence-electron chi connectivity index (χ1n) is 3.61. The van der Waals surface area contributed by atoms with Gasteiger partial charge in [0.05, 0.1) is 18.9 Å². The highest BCUT2D eigenvalue weighted by Crippen LogP contribution is 2.09. The zero-order valence-electron chi connectivity index (χ0n) is 7.39. The lowest BCUT2D eigenvalue weighted by atomic mass is 10.2. The average molecular weight is 182 g/mol. The Morgan fingerprint density at radius 3 is 2.85 bits per heavy atom. The van der Waals surface area contributed by atoms with Crippen molar-refractivity contribution in [2.75, 3.05) is 14.2 Å². The molecule has 0 unspecified atom stereocenters. The molecule has 0 aromatic carbocycles. The Balaban J connectivity index is 2.89. The van der Waals surface area contributed by atoms with Crippen LogP contribution in [0, 0.1) is 0 Å². The molecule has 13 heavy (non-hydrogen) atoms. The van der Waals surface area contributed by atoms with Crippen LogP contribution in [0.3, 0.4) is 0 Å². The number of aromatic nitrogens is 1. The number of aromatic hydroxyl groups is 1. The van der Waals surface area contributed by atoms with E-state index < -0.39 is 0 Å². The van der Waals surface area contributed by atoms with Crippen molar-refractivity contribution >= 4 is 5.91 Å². The Bertz CT molecular complexity index is 314. The van der Waals surface area contributed by atoms with Gasteiger partial charge in [-0.25, -0.2) is 5.06 Å². The van der Waals surface area contributed by atoms with E-state index in [-0.39, 0.29) is 17.2 Å². The summed E-state index contributed by atoms with van der Waals surface area (Å²) >= 11 is 0. The van der Waals surface area contributed by atoms with Crippen molar-refractivity contribution in [3.63, 3.8) is 0 Å². The third-order valence-electron chi connectivity index (χ3n) is 1.53. The molecule has 1 amide bonds. The highest BCUT2D eigenvalue weighted by atomic mass is 16.7. The highest BCUT2D eigenvalue weighted by molar-refractivity contribution is 5.93. The van der Waals surface area contributed by atoms with Crippen LogP contribution in [0.25, 0.3) is 0 Å². The van der Waals surface area contributed by atoms with E-state index in [0.29, 0.717) is 0 Å². The van der Waals surface area contributed by atoms with Crippen molar-refractivity contribution in [2.24, 2.45) is 0 Å². The molecule has 5 nitrogen and oxygen atoms in total. The quantitative estimate of drug-likeness (QED) is 0.673. The number of rotatable bonds is 2. The molecule has 5 heteroatoms. The number of hydrogen-bond donors (Lipinski definition) is 1. The molecule has 0 saturated heterocycles. The zero-order valence-corrected chi connectivity index (χ0v) is 7.39. The molecule has 0 atom stereocenters. The summed E-state index contributed by atoms with van der Waals surface area (Å²) in [4.78, 5) is 19.7. The monoisotopic (exact) mass is 182 g/mol. The summed E-state index contributed by atoms with van der Waals surface area (Å²) in [5.74, 6) is -0.402. The van der Waals surface area contributed by atoms with Gasteiger partial charge in [0.25, 0.3) is 5.91 Å². The standard InChI is InChI=1S/C8H10N2O3/c1-10(13-2)8(12)6-3-7(11)5-9-4-6/h3-5,11H,1-2H3. The topological polar surface area (TPSA) is 62.7 Å². The lowest BCUT2D eigenvalue weighted by Gasteiger charge is -2.12. The normalized spacial score (nSPS) is 9.69. The first-order chi connectivity index (χ1) is 6.15. The molecule has 0 bridgehead atoms. The summed E-state index contributed by atoms with van der Waals surface area (Å²) < 4.78 is 0. The van der Waals surface area contributed by atoms with Crippen LogP contribution in [0.15, 0.2) is 18.5 Å². The number of carbonyl (C=O) groups is 1. The van der Waals surface area contributed by atoms with Gasteiger partial charge in [-0.1, -0.05) is 0 Å². The maximum atomic E-state index is 11.4. The van der Waals surface area contributed by atoms with E-state index in [1.807, 2.05) is 0 Å². The molecule has 1 aromatic rings. The second-order valence-electron chi connectivity index (χ2n) is 2.42. The molecule has 1 rings (SSSR count). The minimum absolute atomic E-state index is 0.0460. The lowest BCUT2D eigenvalue weighted by Crippen LogP contribution is -2.25. The van der Waals surface area contributed by atoms with Crippen LogP contribution >= 0.6 is 0 Å². The van der Waals surface area contributed by atoms with Crippen molar-refractivity contribution in [1.82, 2.24) is 10.0 Å². The van der Waals surface area contributed by atoms with Crippen LogP contribution in [-0.2, 0) is 4.84 Å². The summed E-state index contributed by atoms with van der Waals surface area (Å²) in [5, 5.41) is 10.1. The van der Waals surface area contributed by atoms with Gasteiger partial charge >= 0.3 is 0 Å². The number of nitrogens with zero attached hydrogens (tertiary/aromatic N) is 2. The third kappa shape index (κ3) is 2.16. The molecule has 1 N–H and O–H groups in total. The summed E-state index contributed by atoms with van der Waals surface area (Å²) in [6, 6.07) is 1.32. The number of hydroxylamine groups is 2. The van der Waals surface area contributed by atoms with Crippen molar-refractivity contribution in [2.45, 2.75) is 0 Å². The fraction of sp³-hybridized carbons (Fsp3) is 0.250. The molecule has 1 heterocycles. The van der Waals surface area contributed by atoms with Crippen molar-refractivity contribution in [1.29, 1.82) is 0 Å². The van der Waals surface area contributed by atoms with Crippen LogP contribution in [0.2, 0.25) is 0 Å². The van der Waals surface area contributed by atoms with Gasteiger partial charge in [-0.2, -0.15) is 0 Å². The van der Waals surface area contributed by atoms with Crippen LogP contribution in [-0.4, -0.2) is 35.2 Å². The molecular weight excluding hydrogens is 172 g/mol. The van der Waals surface area contributed by atoms with Gasteiger partial charge in [0.2, 0.25) is 0 Å². The van der Waals surface area contributed by atoms with Gasteiger partial charge in [-0.3, -0.25) is 14.6 Å². The number of pyridine rings is 1. The molecule has 0 aliphatic carbocycles. The van der Waals surface area contributed by atoms with E-state index in [2.05, 4.69) is 9.82 Å². The Kier molecular flexibility index (Phi) is 2.81. The predicted molar refractivity (Wildman–Crippen MR) is 45.0 cm³/mol. The average Bonchev–Trinajstić information content (AvgIpc) is 2.15. The number of hydrogen-bond acceptors (Lipinski definition) is 4. The molecule has 0 spiro atoms. The molecular formula is C8H10N2O3. The summed E-state index contributed by atoms with van der Waals surface area (Å²) in [7, 11) is 2.86. The fourth-order valence-corrected chi connectivity index (χ4v) is 0.809. The van der Waals surface area contributed by atoms with Crippen molar-refractivity contribution < 1.29 is 14.7 Å². The first kappa shape index (κ1) is 9.47. The number of amides is 1. The molecule has 1 aromatic heterocycles. The summed E-state index contributed by atoms with van der Waals surface area (Å²) in [6.07, 6.45) is 2.61. The van der Waals surface area contributed by atoms with E-state index in [4.69, 9.17) is 5.11 Å². The highest BCUT2D eigenvalue weighted by Gasteiger charge is 2.11. The Hall–Kier alpha value is -1.62. The molecule has 0 fully saturated rings. The first-order valence-corrected chi connectivity index (χ1v) is 3.61. The second-order valence-corrected chi connectivity index (χ2v) is 2.42. The van der Waals surface area contributed by atoms with Crippen LogP contribution in [0.4, 0.5) is 0 Å². The number of carbonyl (C=O) groups excluding carboxylic acids is 1. The summed E-state index contributed by atoms with van der Waals surface area (Å²) in [5.41, 5.74) is 0.282. The maximum absolute atomic E-state index is 11.4. The van der Waals surface area contributed by atoms with Crippen LogP contribution in [0.5, 0.6) is 5.75 Å². The van der Waals surface area contributed by atoms with Crippen molar-refractivity contribution in [3.8, 4) is 5.75 Å². The van der Waals surface area contributed by atoms with E-state index in [9.17, 15) is 4.79 Å². The summed E-state index contributed by atoms with van der Waals surface area (Å²) in [6.45, 7) is 0. The molecule has 0 radical (unpaired) electrons. The van der Waals surface area contributed by atoms with Crippen molar-refractivity contribution in [3.05, 3.63) is 24.0 Å². The van der Waals surface area contributed by atoms with Gasteiger partial charge in [0, 0.05) is 13.2 Å². The fourth-order valence-electron chi connectivity index (χ4n) is 0.809.